The molecule has 2 aromatic carbocycles. The van der Waals surface area contributed by atoms with Gasteiger partial charge in [0, 0.05) is 29.0 Å². The minimum Gasteiger partial charge on any atom is -0.508 e. The largest absolute Gasteiger partial charge is 0.508 e. The van der Waals surface area contributed by atoms with Gasteiger partial charge in [-0.3, -0.25) is 4.98 Å². The number of phenolic OH excluding ortho intramolecular Hbond substituents is 1. The van der Waals surface area contributed by atoms with Crippen LogP contribution in [0.3, 0.4) is 0 Å². The van der Waals surface area contributed by atoms with Crippen molar-refractivity contribution in [1.82, 2.24) is 14.9 Å². The molecule has 2 atom stereocenters. The highest BCUT2D eigenvalue weighted by atomic mass is 32.1. The zero-order chi connectivity index (χ0) is 24.0. The Bertz CT molecular complexity index is 1360. The van der Waals surface area contributed by atoms with Gasteiger partial charge in [0.25, 0.3) is 0 Å². The quantitative estimate of drug-likeness (QED) is 0.361. The lowest BCUT2D eigenvalue weighted by Crippen LogP contribution is -2.29. The zero-order valence-corrected chi connectivity index (χ0v) is 20.6. The third-order valence-corrected chi connectivity index (χ3v) is 6.93. The summed E-state index contributed by atoms with van der Waals surface area (Å²) in [5.41, 5.74) is 9.06. The highest BCUT2D eigenvalue weighted by Crippen LogP contribution is 2.44. The SMILES string of the molecule is Cc1ccc(C)c(-n2c(C)cc([C@H]3[C@H](c4ccccn4)NC(=S)N3c3ccc(O)cc3)c2C)c1. The Hall–Kier alpha value is -3.64. The highest BCUT2D eigenvalue weighted by molar-refractivity contribution is 7.80. The number of nitrogens with zero attached hydrogens (tertiary/aromatic N) is 3. The lowest BCUT2D eigenvalue weighted by molar-refractivity contribution is 0.475. The molecule has 2 aromatic heterocycles. The van der Waals surface area contributed by atoms with Crippen LogP contribution in [0.5, 0.6) is 5.75 Å². The van der Waals surface area contributed by atoms with Crippen LogP contribution in [0, 0.1) is 27.7 Å². The molecular weight excluding hydrogens is 440 g/mol. The van der Waals surface area contributed by atoms with Crippen molar-refractivity contribution < 1.29 is 5.11 Å². The Labute approximate surface area is 205 Å². The lowest BCUT2D eigenvalue weighted by atomic mass is 9.96. The normalized spacial score (nSPS) is 17.8. The van der Waals surface area contributed by atoms with E-state index in [0.29, 0.717) is 5.11 Å². The molecule has 3 heterocycles. The lowest BCUT2D eigenvalue weighted by Gasteiger charge is -2.28. The minimum atomic E-state index is -0.116. The molecule has 1 fully saturated rings. The van der Waals surface area contributed by atoms with E-state index in [1.165, 1.54) is 33.8 Å². The first kappa shape index (κ1) is 22.2. The first-order chi connectivity index (χ1) is 16.3. The second-order valence-electron chi connectivity index (χ2n) is 8.96. The van der Waals surface area contributed by atoms with Crippen LogP contribution in [0.1, 0.15) is 45.9 Å². The molecular formula is C28H28N4OS. The van der Waals surface area contributed by atoms with E-state index in [0.717, 1.165) is 11.4 Å². The number of rotatable bonds is 4. The third-order valence-electron chi connectivity index (χ3n) is 6.62. The van der Waals surface area contributed by atoms with Gasteiger partial charge in [-0.25, -0.2) is 0 Å². The number of nitrogens with one attached hydrogen (secondary N) is 1. The summed E-state index contributed by atoms with van der Waals surface area (Å²) in [6.45, 7) is 8.61. The smallest absolute Gasteiger partial charge is 0.174 e. The van der Waals surface area contributed by atoms with Gasteiger partial charge in [0.05, 0.1) is 17.8 Å². The minimum absolute atomic E-state index is 0.1000. The summed E-state index contributed by atoms with van der Waals surface area (Å²) >= 11 is 5.84. The third kappa shape index (κ3) is 3.74. The van der Waals surface area contributed by atoms with Gasteiger partial charge in [-0.15, -0.1) is 0 Å². The van der Waals surface area contributed by atoms with Crippen molar-refractivity contribution in [2.75, 3.05) is 4.90 Å². The molecule has 0 bridgehead atoms. The number of aromatic hydroxyl groups is 1. The summed E-state index contributed by atoms with van der Waals surface area (Å²) in [6.07, 6.45) is 1.82. The fourth-order valence-corrected chi connectivity index (χ4v) is 5.33. The number of aromatic nitrogens is 2. The van der Waals surface area contributed by atoms with Crippen LogP contribution in [0.2, 0.25) is 0 Å². The number of phenols is 1. The van der Waals surface area contributed by atoms with Crippen molar-refractivity contribution >= 4 is 23.0 Å². The van der Waals surface area contributed by atoms with Crippen LogP contribution in [-0.2, 0) is 0 Å². The first-order valence-electron chi connectivity index (χ1n) is 11.4. The van der Waals surface area contributed by atoms with Crippen molar-refractivity contribution in [3.8, 4) is 11.4 Å². The van der Waals surface area contributed by atoms with Crippen LogP contribution in [-0.4, -0.2) is 19.8 Å². The average molecular weight is 469 g/mol. The van der Waals surface area contributed by atoms with E-state index in [9.17, 15) is 5.11 Å². The van der Waals surface area contributed by atoms with E-state index in [1.807, 2.05) is 36.5 Å². The summed E-state index contributed by atoms with van der Waals surface area (Å²) in [5.74, 6) is 0.229. The number of hydrogen-bond donors (Lipinski definition) is 2. The van der Waals surface area contributed by atoms with E-state index in [4.69, 9.17) is 12.2 Å². The number of hydrogen-bond acceptors (Lipinski definition) is 3. The molecule has 1 aliphatic heterocycles. The van der Waals surface area contributed by atoms with Crippen molar-refractivity contribution in [3.63, 3.8) is 0 Å². The van der Waals surface area contributed by atoms with E-state index in [-0.39, 0.29) is 17.8 Å². The molecule has 0 aliphatic carbocycles. The molecule has 6 heteroatoms. The van der Waals surface area contributed by atoms with Crippen LogP contribution in [0.4, 0.5) is 5.69 Å². The number of thiocarbonyl (C=S) groups is 1. The van der Waals surface area contributed by atoms with Crippen LogP contribution in [0.15, 0.2) is 72.9 Å². The number of benzene rings is 2. The predicted octanol–water partition coefficient (Wildman–Crippen LogP) is 5.99. The highest BCUT2D eigenvalue weighted by Gasteiger charge is 2.42. The van der Waals surface area contributed by atoms with Crippen LogP contribution < -0.4 is 10.2 Å². The maximum absolute atomic E-state index is 9.86. The van der Waals surface area contributed by atoms with E-state index in [2.05, 4.69) is 71.7 Å². The summed E-state index contributed by atoms with van der Waals surface area (Å²) < 4.78 is 2.34. The maximum Gasteiger partial charge on any atom is 0.174 e. The zero-order valence-electron chi connectivity index (χ0n) is 19.8. The molecule has 0 amide bonds. The van der Waals surface area contributed by atoms with Crippen molar-refractivity contribution in [1.29, 1.82) is 0 Å². The standard InChI is InChI=1S/C28H28N4OS/c1-17-8-9-18(2)25(15-17)31-19(3)16-23(20(31)4)27-26(24-7-5-6-14-29-24)30-28(34)32(27)21-10-12-22(33)13-11-21/h5-16,26-27,33H,1-4H3,(H,30,34)/t26-,27-/m0/s1. The molecule has 0 spiro atoms. The molecule has 1 aliphatic rings. The van der Waals surface area contributed by atoms with Crippen molar-refractivity contribution in [2.45, 2.75) is 39.8 Å². The molecule has 5 rings (SSSR count). The molecule has 1 saturated heterocycles. The van der Waals surface area contributed by atoms with E-state index >= 15 is 0 Å². The number of aryl methyl sites for hydroxylation is 3. The number of anilines is 1. The molecule has 0 radical (unpaired) electrons. The van der Waals surface area contributed by atoms with Gasteiger partial charge < -0.3 is 19.9 Å². The molecule has 2 N–H and O–H groups in total. The van der Waals surface area contributed by atoms with Gasteiger partial charge in [-0.05, 0) is 105 Å². The van der Waals surface area contributed by atoms with E-state index < -0.39 is 0 Å². The summed E-state index contributed by atoms with van der Waals surface area (Å²) in [7, 11) is 0. The van der Waals surface area contributed by atoms with E-state index in [1.54, 1.807) is 12.1 Å². The Morgan fingerprint density at radius 1 is 0.941 bits per heavy atom. The van der Waals surface area contributed by atoms with Crippen molar-refractivity contribution in [3.05, 3.63) is 107 Å². The fourth-order valence-electron chi connectivity index (χ4n) is 4.98. The Balaban J connectivity index is 1.70. The number of pyridine rings is 1. The maximum atomic E-state index is 9.86. The first-order valence-corrected chi connectivity index (χ1v) is 11.8. The predicted molar refractivity (Wildman–Crippen MR) is 141 cm³/mol. The van der Waals surface area contributed by atoms with Gasteiger partial charge in [-0.2, -0.15) is 0 Å². The van der Waals surface area contributed by atoms with Gasteiger partial charge in [0.15, 0.2) is 5.11 Å². The van der Waals surface area contributed by atoms with Crippen LogP contribution >= 0.6 is 12.2 Å². The second-order valence-corrected chi connectivity index (χ2v) is 9.35. The van der Waals surface area contributed by atoms with Gasteiger partial charge in [0.1, 0.15) is 5.75 Å². The van der Waals surface area contributed by atoms with Gasteiger partial charge in [0.2, 0.25) is 0 Å². The summed E-state index contributed by atoms with van der Waals surface area (Å²) in [6, 6.07) is 21.8. The molecule has 4 aromatic rings. The van der Waals surface area contributed by atoms with Crippen LogP contribution in [0.25, 0.3) is 5.69 Å². The van der Waals surface area contributed by atoms with Crippen molar-refractivity contribution in [2.24, 2.45) is 0 Å². The Morgan fingerprint density at radius 3 is 2.41 bits per heavy atom. The van der Waals surface area contributed by atoms with Gasteiger partial charge in [-0.1, -0.05) is 18.2 Å². The fraction of sp³-hybridized carbons (Fsp3) is 0.214. The topological polar surface area (TPSA) is 53.3 Å². The van der Waals surface area contributed by atoms with Gasteiger partial charge >= 0.3 is 0 Å². The Kier molecular flexibility index (Phi) is 5.62. The average Bonchev–Trinajstić information content (AvgIpc) is 3.32. The second kappa shape index (κ2) is 8.61. The molecule has 0 saturated carbocycles. The summed E-state index contributed by atoms with van der Waals surface area (Å²) in [5, 5.41) is 14.0. The molecule has 5 nitrogen and oxygen atoms in total. The molecule has 172 valence electrons. The Morgan fingerprint density at radius 2 is 1.71 bits per heavy atom. The molecule has 0 unspecified atom stereocenters. The molecule has 34 heavy (non-hydrogen) atoms. The summed E-state index contributed by atoms with van der Waals surface area (Å²) in [4.78, 5) is 6.80. The monoisotopic (exact) mass is 468 g/mol.